The lowest BCUT2D eigenvalue weighted by atomic mass is 9.88. The van der Waals surface area contributed by atoms with E-state index >= 15 is 0 Å². The highest BCUT2D eigenvalue weighted by molar-refractivity contribution is 5.89. The van der Waals surface area contributed by atoms with Crippen LogP contribution in [0.3, 0.4) is 0 Å². The van der Waals surface area contributed by atoms with E-state index in [0.717, 1.165) is 0 Å². The van der Waals surface area contributed by atoms with Crippen molar-refractivity contribution in [3.63, 3.8) is 0 Å². The number of aliphatic hydroxyl groups excluding tert-OH is 2. The van der Waals surface area contributed by atoms with E-state index in [1.165, 1.54) is 30.5 Å². The maximum Gasteiger partial charge on any atom is 0.338 e. The fraction of sp³-hybridized carbons (Fsp3) is 0.312. The van der Waals surface area contributed by atoms with E-state index in [-0.39, 0.29) is 18.3 Å². The Morgan fingerprint density at radius 2 is 1.95 bits per heavy atom. The van der Waals surface area contributed by atoms with Gasteiger partial charge in [-0.1, -0.05) is 6.08 Å². The van der Waals surface area contributed by atoms with E-state index in [1.807, 2.05) is 0 Å². The minimum absolute atomic E-state index is 0.0355. The summed E-state index contributed by atoms with van der Waals surface area (Å²) in [7, 11) is 0. The topological polar surface area (TPSA) is 96.2 Å². The summed E-state index contributed by atoms with van der Waals surface area (Å²) in [6.07, 6.45) is 2.84. The standard InChI is InChI=1S/C16H16O6/c17-11-3-1-9(2-4-11)15(19)22-8-10-7-13(18)12-5-6-21-16(20)14(10)12/h1-7,12-14,16-18,20H,8H2/t12-,13+,14+,16+/m1/s1. The monoisotopic (exact) mass is 304 g/mol. The molecule has 2 aliphatic rings. The molecule has 6 heteroatoms. The van der Waals surface area contributed by atoms with Gasteiger partial charge in [0.2, 0.25) is 6.29 Å². The van der Waals surface area contributed by atoms with Gasteiger partial charge < -0.3 is 24.8 Å². The predicted molar refractivity (Wildman–Crippen MR) is 75.7 cm³/mol. The van der Waals surface area contributed by atoms with Gasteiger partial charge in [0.25, 0.3) is 0 Å². The molecule has 6 nitrogen and oxygen atoms in total. The molecule has 0 aromatic heterocycles. The Kier molecular flexibility index (Phi) is 3.87. The summed E-state index contributed by atoms with van der Waals surface area (Å²) in [5, 5.41) is 29.0. The third kappa shape index (κ3) is 2.70. The summed E-state index contributed by atoms with van der Waals surface area (Å²) < 4.78 is 10.2. The van der Waals surface area contributed by atoms with Crippen LogP contribution in [0.25, 0.3) is 0 Å². The number of fused-ring (bicyclic) bond motifs is 1. The lowest BCUT2D eigenvalue weighted by Gasteiger charge is -2.29. The summed E-state index contributed by atoms with van der Waals surface area (Å²) in [5.74, 6) is -1.17. The van der Waals surface area contributed by atoms with E-state index in [1.54, 1.807) is 12.2 Å². The number of aliphatic hydroxyl groups is 2. The first-order valence-electron chi connectivity index (χ1n) is 6.91. The van der Waals surface area contributed by atoms with E-state index in [9.17, 15) is 20.1 Å². The molecule has 0 saturated heterocycles. The normalized spacial score (nSPS) is 29.5. The van der Waals surface area contributed by atoms with Crippen molar-refractivity contribution in [2.24, 2.45) is 11.8 Å². The van der Waals surface area contributed by atoms with Crippen LogP contribution in [0.1, 0.15) is 10.4 Å². The van der Waals surface area contributed by atoms with Crippen molar-refractivity contribution in [2.45, 2.75) is 12.4 Å². The zero-order chi connectivity index (χ0) is 15.7. The van der Waals surface area contributed by atoms with Crippen molar-refractivity contribution in [3.8, 4) is 5.75 Å². The van der Waals surface area contributed by atoms with Crippen molar-refractivity contribution < 1.29 is 29.6 Å². The maximum atomic E-state index is 11.9. The first-order valence-corrected chi connectivity index (χ1v) is 6.91. The third-order valence-corrected chi connectivity index (χ3v) is 3.92. The smallest absolute Gasteiger partial charge is 0.338 e. The van der Waals surface area contributed by atoms with Crippen LogP contribution in [-0.2, 0) is 9.47 Å². The minimum Gasteiger partial charge on any atom is -0.508 e. The Balaban J connectivity index is 1.66. The Labute approximate surface area is 126 Å². The van der Waals surface area contributed by atoms with Crippen molar-refractivity contribution in [3.05, 3.63) is 53.8 Å². The number of aromatic hydroxyl groups is 1. The van der Waals surface area contributed by atoms with Gasteiger partial charge in [-0.3, -0.25) is 0 Å². The summed E-state index contributed by atoms with van der Waals surface area (Å²) in [4.78, 5) is 11.9. The van der Waals surface area contributed by atoms with Gasteiger partial charge in [-0.15, -0.1) is 0 Å². The number of rotatable bonds is 3. The molecule has 22 heavy (non-hydrogen) atoms. The first-order chi connectivity index (χ1) is 10.6. The van der Waals surface area contributed by atoms with Crippen molar-refractivity contribution in [1.29, 1.82) is 0 Å². The molecule has 1 aromatic rings. The average molecular weight is 304 g/mol. The predicted octanol–water partition coefficient (Wildman–Crippen LogP) is 0.945. The van der Waals surface area contributed by atoms with Crippen LogP contribution >= 0.6 is 0 Å². The fourth-order valence-corrected chi connectivity index (χ4v) is 2.78. The number of ether oxygens (including phenoxy) is 2. The van der Waals surface area contributed by atoms with Gasteiger partial charge in [0.05, 0.1) is 23.8 Å². The van der Waals surface area contributed by atoms with Gasteiger partial charge in [0.15, 0.2) is 0 Å². The number of hydrogen-bond donors (Lipinski definition) is 3. The van der Waals surface area contributed by atoms with Crippen LogP contribution in [-0.4, -0.2) is 40.3 Å². The van der Waals surface area contributed by atoms with Crippen LogP contribution in [0.2, 0.25) is 0 Å². The van der Waals surface area contributed by atoms with Gasteiger partial charge in [-0.2, -0.15) is 0 Å². The number of carbonyl (C=O) groups excluding carboxylic acids is 1. The number of esters is 1. The molecule has 0 bridgehead atoms. The van der Waals surface area contributed by atoms with Crippen LogP contribution in [0, 0.1) is 11.8 Å². The molecule has 1 aliphatic heterocycles. The lowest BCUT2D eigenvalue weighted by molar-refractivity contribution is -0.109. The average Bonchev–Trinajstić information content (AvgIpc) is 2.83. The Hall–Kier alpha value is -2.31. The molecule has 1 aromatic carbocycles. The van der Waals surface area contributed by atoms with Gasteiger partial charge in [-0.05, 0) is 35.9 Å². The Morgan fingerprint density at radius 3 is 2.68 bits per heavy atom. The molecule has 3 N–H and O–H groups in total. The Bertz CT molecular complexity index is 618. The zero-order valence-corrected chi connectivity index (χ0v) is 11.6. The van der Waals surface area contributed by atoms with Crippen LogP contribution < -0.4 is 0 Å². The molecule has 0 radical (unpaired) electrons. The molecule has 116 valence electrons. The van der Waals surface area contributed by atoms with Crippen molar-refractivity contribution >= 4 is 5.97 Å². The van der Waals surface area contributed by atoms with E-state index in [4.69, 9.17) is 9.47 Å². The van der Waals surface area contributed by atoms with Crippen LogP contribution in [0.15, 0.2) is 48.3 Å². The van der Waals surface area contributed by atoms with E-state index in [0.29, 0.717) is 11.1 Å². The second-order valence-corrected chi connectivity index (χ2v) is 5.31. The number of carbonyl (C=O) groups is 1. The quantitative estimate of drug-likeness (QED) is 0.568. The van der Waals surface area contributed by atoms with Gasteiger partial charge in [-0.25, -0.2) is 4.79 Å². The SMILES string of the molecule is O=C(OCC1=C[C@H](O)[C@H]2C=CO[C@H](O)[C@@H]12)c1ccc(O)cc1. The fourth-order valence-electron chi connectivity index (χ4n) is 2.78. The van der Waals surface area contributed by atoms with Crippen LogP contribution in [0.4, 0.5) is 0 Å². The molecule has 0 unspecified atom stereocenters. The second kappa shape index (κ2) is 5.82. The van der Waals surface area contributed by atoms with E-state index < -0.39 is 24.3 Å². The summed E-state index contributed by atoms with van der Waals surface area (Å²) in [6, 6.07) is 5.71. The maximum absolute atomic E-state index is 11.9. The highest BCUT2D eigenvalue weighted by atomic mass is 16.6. The van der Waals surface area contributed by atoms with Gasteiger partial charge in [0.1, 0.15) is 12.4 Å². The van der Waals surface area contributed by atoms with Gasteiger partial charge in [0, 0.05) is 5.92 Å². The molecule has 3 rings (SSSR count). The van der Waals surface area contributed by atoms with Gasteiger partial charge >= 0.3 is 5.97 Å². The molecule has 0 amide bonds. The lowest BCUT2D eigenvalue weighted by Crippen LogP contribution is -2.34. The molecule has 0 saturated carbocycles. The second-order valence-electron chi connectivity index (χ2n) is 5.31. The number of phenolic OH excluding ortho intramolecular Hbond substituents is 1. The highest BCUT2D eigenvalue weighted by Gasteiger charge is 2.42. The molecule has 1 aliphatic carbocycles. The third-order valence-electron chi connectivity index (χ3n) is 3.92. The summed E-state index contributed by atoms with van der Waals surface area (Å²) in [5.41, 5.74) is 0.940. The van der Waals surface area contributed by atoms with Crippen LogP contribution in [0.5, 0.6) is 5.75 Å². The molecular formula is C16H16O6. The molecule has 0 spiro atoms. The largest absolute Gasteiger partial charge is 0.508 e. The van der Waals surface area contributed by atoms with E-state index in [2.05, 4.69) is 0 Å². The number of hydrogen-bond acceptors (Lipinski definition) is 6. The van der Waals surface area contributed by atoms with Crippen molar-refractivity contribution in [2.75, 3.05) is 6.61 Å². The summed E-state index contributed by atoms with van der Waals surface area (Å²) in [6.45, 7) is -0.0355. The molecule has 4 atom stereocenters. The summed E-state index contributed by atoms with van der Waals surface area (Å²) >= 11 is 0. The zero-order valence-electron chi connectivity index (χ0n) is 11.6. The number of phenols is 1. The first kappa shape index (κ1) is 14.6. The minimum atomic E-state index is -1.06. The molecule has 0 fully saturated rings. The Morgan fingerprint density at radius 1 is 1.23 bits per heavy atom. The molecular weight excluding hydrogens is 288 g/mol. The molecule has 1 heterocycles. The highest BCUT2D eigenvalue weighted by Crippen LogP contribution is 2.38. The van der Waals surface area contributed by atoms with Crippen molar-refractivity contribution in [1.82, 2.24) is 0 Å². The number of benzene rings is 1.